The summed E-state index contributed by atoms with van der Waals surface area (Å²) >= 11 is 0. The second-order valence-corrected chi connectivity index (χ2v) is 8.03. The summed E-state index contributed by atoms with van der Waals surface area (Å²) in [5, 5.41) is 0. The average molecular weight is 437 g/mol. The summed E-state index contributed by atoms with van der Waals surface area (Å²) in [4.78, 5) is 25.0. The van der Waals surface area contributed by atoms with Gasteiger partial charge in [-0.3, -0.25) is 9.59 Å². The van der Waals surface area contributed by atoms with Crippen LogP contribution in [0.4, 0.5) is 13.2 Å². The first kappa shape index (κ1) is 22.9. The molecule has 1 aliphatic heterocycles. The molecule has 1 aromatic carbocycles. The molecule has 0 aromatic heterocycles. The van der Waals surface area contributed by atoms with Gasteiger partial charge >= 0.3 is 12.3 Å². The molecule has 0 saturated carbocycles. The van der Waals surface area contributed by atoms with Crippen molar-refractivity contribution < 1.29 is 40.7 Å². The molecule has 29 heavy (non-hydrogen) atoms. The third-order valence-electron chi connectivity index (χ3n) is 4.10. The van der Waals surface area contributed by atoms with Crippen molar-refractivity contribution in [2.75, 3.05) is 26.2 Å². The molecule has 1 atom stereocenters. The molecule has 2 rings (SSSR count). The lowest BCUT2D eigenvalue weighted by atomic mass is 10.2. The van der Waals surface area contributed by atoms with Gasteiger partial charge in [0.15, 0.2) is 0 Å². The SMILES string of the molecule is [CH2]CCOC(=O)[C@H]1CN(C(C)=O)CCN1S(=O)(=O)c1ccc(OC(F)(F)F)cc1. The molecule has 161 valence electrons. The van der Waals surface area contributed by atoms with E-state index in [9.17, 15) is 31.2 Å². The summed E-state index contributed by atoms with van der Waals surface area (Å²) < 4.78 is 72.4. The largest absolute Gasteiger partial charge is 0.573 e. The second-order valence-electron chi connectivity index (χ2n) is 6.14. The quantitative estimate of drug-likeness (QED) is 0.628. The van der Waals surface area contributed by atoms with E-state index in [-0.39, 0.29) is 43.5 Å². The maximum atomic E-state index is 13.0. The number of rotatable bonds is 6. The Bertz CT molecular complexity index is 842. The number of nitrogens with zero attached hydrogens (tertiary/aromatic N) is 2. The van der Waals surface area contributed by atoms with Gasteiger partial charge in [-0.2, -0.15) is 4.31 Å². The zero-order chi connectivity index (χ0) is 21.8. The minimum absolute atomic E-state index is 0.0211. The zero-order valence-electron chi connectivity index (χ0n) is 15.5. The summed E-state index contributed by atoms with van der Waals surface area (Å²) in [5.74, 6) is -1.74. The van der Waals surface area contributed by atoms with E-state index < -0.39 is 34.1 Å². The van der Waals surface area contributed by atoms with E-state index in [4.69, 9.17) is 4.74 Å². The molecule has 0 N–H and O–H groups in total. The molecule has 12 heteroatoms. The summed E-state index contributed by atoms with van der Waals surface area (Å²) in [7, 11) is -4.25. The summed E-state index contributed by atoms with van der Waals surface area (Å²) in [6.07, 6.45) is -4.63. The Balaban J connectivity index is 2.29. The smallest absolute Gasteiger partial charge is 0.464 e. The van der Waals surface area contributed by atoms with Crippen LogP contribution in [-0.4, -0.2) is 68.1 Å². The van der Waals surface area contributed by atoms with Gasteiger partial charge < -0.3 is 14.4 Å². The van der Waals surface area contributed by atoms with Crippen molar-refractivity contribution in [3.8, 4) is 5.75 Å². The first-order valence-corrected chi connectivity index (χ1v) is 9.99. The fourth-order valence-electron chi connectivity index (χ4n) is 2.75. The van der Waals surface area contributed by atoms with Crippen molar-refractivity contribution in [3.05, 3.63) is 31.2 Å². The van der Waals surface area contributed by atoms with Crippen LogP contribution in [0, 0.1) is 6.92 Å². The van der Waals surface area contributed by atoms with Crippen LogP contribution in [0.25, 0.3) is 0 Å². The highest BCUT2D eigenvalue weighted by Crippen LogP contribution is 2.27. The normalized spacial score (nSPS) is 18.4. The van der Waals surface area contributed by atoms with E-state index in [0.29, 0.717) is 0 Å². The first-order valence-electron chi connectivity index (χ1n) is 8.55. The molecule has 1 fully saturated rings. The summed E-state index contributed by atoms with van der Waals surface area (Å²) in [5.41, 5.74) is 0. The van der Waals surface area contributed by atoms with Gasteiger partial charge in [0.1, 0.15) is 11.8 Å². The Morgan fingerprint density at radius 1 is 1.21 bits per heavy atom. The third kappa shape index (κ3) is 5.82. The predicted octanol–water partition coefficient (Wildman–Crippen LogP) is 1.57. The minimum Gasteiger partial charge on any atom is -0.464 e. The van der Waals surface area contributed by atoms with Crippen LogP contribution in [0.2, 0.25) is 0 Å². The van der Waals surface area contributed by atoms with Gasteiger partial charge in [0.05, 0.1) is 11.5 Å². The molecule has 0 bridgehead atoms. The number of benzene rings is 1. The van der Waals surface area contributed by atoms with Crippen molar-refractivity contribution in [2.24, 2.45) is 0 Å². The fourth-order valence-corrected chi connectivity index (χ4v) is 4.31. The van der Waals surface area contributed by atoms with Crippen molar-refractivity contribution in [2.45, 2.75) is 30.6 Å². The Morgan fingerprint density at radius 2 is 1.83 bits per heavy atom. The van der Waals surface area contributed by atoms with E-state index in [0.717, 1.165) is 28.6 Å². The Morgan fingerprint density at radius 3 is 2.34 bits per heavy atom. The number of amides is 1. The van der Waals surface area contributed by atoms with Crippen LogP contribution in [0.5, 0.6) is 5.75 Å². The summed E-state index contributed by atoms with van der Waals surface area (Å²) in [6.45, 7) is 4.49. The standard InChI is InChI=1S/C17H20F3N2O6S/c1-3-10-27-16(24)15-11-21(12(2)23)8-9-22(15)29(25,26)14-6-4-13(5-7-14)28-17(18,19)20/h4-7,15H,1,3,8-11H2,2H3/t15-/m1/s1. The highest BCUT2D eigenvalue weighted by Gasteiger charge is 2.41. The third-order valence-corrected chi connectivity index (χ3v) is 6.02. The molecular formula is C17H20F3N2O6S. The molecular weight excluding hydrogens is 417 g/mol. The molecule has 1 heterocycles. The first-order chi connectivity index (χ1) is 13.5. The number of carbonyl (C=O) groups excluding carboxylic acids is 2. The maximum absolute atomic E-state index is 13.0. The number of halogens is 3. The lowest BCUT2D eigenvalue weighted by molar-refractivity contribution is -0.274. The number of carbonyl (C=O) groups is 2. The molecule has 0 aliphatic carbocycles. The number of hydrogen-bond donors (Lipinski definition) is 0. The molecule has 8 nitrogen and oxygen atoms in total. The Hall–Kier alpha value is -2.34. The fraction of sp³-hybridized carbons (Fsp3) is 0.471. The molecule has 0 unspecified atom stereocenters. The topological polar surface area (TPSA) is 93.2 Å². The molecule has 1 aliphatic rings. The van der Waals surface area contributed by atoms with Gasteiger partial charge in [0, 0.05) is 26.6 Å². The molecule has 1 amide bonds. The average Bonchev–Trinajstić information content (AvgIpc) is 2.64. The second kappa shape index (κ2) is 8.99. The predicted molar refractivity (Wildman–Crippen MR) is 94.0 cm³/mol. The lowest BCUT2D eigenvalue weighted by Crippen LogP contribution is -2.59. The monoisotopic (exact) mass is 437 g/mol. The highest BCUT2D eigenvalue weighted by atomic mass is 32.2. The number of ether oxygens (including phenoxy) is 2. The molecule has 1 aromatic rings. The van der Waals surface area contributed by atoms with Gasteiger partial charge in [0.2, 0.25) is 15.9 Å². The van der Waals surface area contributed by atoms with Crippen LogP contribution < -0.4 is 4.74 Å². The lowest BCUT2D eigenvalue weighted by Gasteiger charge is -2.38. The van der Waals surface area contributed by atoms with Crippen molar-refractivity contribution in [1.82, 2.24) is 9.21 Å². The molecule has 0 spiro atoms. The van der Waals surface area contributed by atoms with Crippen molar-refractivity contribution >= 4 is 21.9 Å². The van der Waals surface area contributed by atoms with Crippen LogP contribution >= 0.6 is 0 Å². The van der Waals surface area contributed by atoms with E-state index >= 15 is 0 Å². The van der Waals surface area contributed by atoms with Crippen molar-refractivity contribution in [3.63, 3.8) is 0 Å². The minimum atomic E-state index is -4.91. The summed E-state index contributed by atoms with van der Waals surface area (Å²) in [6, 6.07) is 2.35. The van der Waals surface area contributed by atoms with E-state index in [1.54, 1.807) is 0 Å². The van der Waals surface area contributed by atoms with Gasteiger partial charge in [-0.15, -0.1) is 13.2 Å². The van der Waals surface area contributed by atoms with Gasteiger partial charge in [-0.1, -0.05) is 0 Å². The number of sulfonamides is 1. The van der Waals surface area contributed by atoms with Crippen LogP contribution in [0.1, 0.15) is 13.3 Å². The van der Waals surface area contributed by atoms with Gasteiger partial charge in [-0.05, 0) is 37.6 Å². The number of piperazine rings is 1. The van der Waals surface area contributed by atoms with Gasteiger partial charge in [0.25, 0.3) is 0 Å². The number of esters is 1. The van der Waals surface area contributed by atoms with Crippen LogP contribution in [0.15, 0.2) is 29.2 Å². The van der Waals surface area contributed by atoms with E-state index in [1.807, 2.05) is 0 Å². The maximum Gasteiger partial charge on any atom is 0.573 e. The highest BCUT2D eigenvalue weighted by molar-refractivity contribution is 7.89. The number of hydrogen-bond acceptors (Lipinski definition) is 6. The van der Waals surface area contributed by atoms with E-state index in [1.165, 1.54) is 11.8 Å². The molecule has 1 saturated heterocycles. The zero-order valence-corrected chi connectivity index (χ0v) is 16.3. The molecule has 1 radical (unpaired) electrons. The van der Waals surface area contributed by atoms with Crippen molar-refractivity contribution in [1.29, 1.82) is 0 Å². The van der Waals surface area contributed by atoms with Crippen LogP contribution in [0.3, 0.4) is 0 Å². The number of alkyl halides is 3. The Kier molecular flexibility index (Phi) is 7.11. The Labute approximate surface area is 166 Å². The van der Waals surface area contributed by atoms with Crippen LogP contribution in [-0.2, 0) is 24.3 Å². The van der Waals surface area contributed by atoms with E-state index in [2.05, 4.69) is 11.7 Å². The van der Waals surface area contributed by atoms with Gasteiger partial charge in [-0.25, -0.2) is 8.42 Å².